The number of thiophene rings is 1. The van der Waals surface area contributed by atoms with E-state index in [9.17, 15) is 0 Å². The van der Waals surface area contributed by atoms with Crippen LogP contribution in [0.25, 0.3) is 10.1 Å². The fourth-order valence-corrected chi connectivity index (χ4v) is 5.02. The number of rotatable bonds is 5. The molecule has 1 aliphatic carbocycles. The Morgan fingerprint density at radius 3 is 2.30 bits per heavy atom. The van der Waals surface area contributed by atoms with Crippen LogP contribution < -0.4 is 4.78 Å². The molecule has 0 nitrogen and oxygen atoms in total. The Labute approximate surface area is 170 Å². The van der Waals surface area contributed by atoms with E-state index in [1.165, 1.54) is 33.3 Å². The lowest BCUT2D eigenvalue weighted by Gasteiger charge is -2.41. The van der Waals surface area contributed by atoms with Crippen molar-refractivity contribution in [3.8, 4) is 0 Å². The van der Waals surface area contributed by atoms with Crippen LogP contribution in [-0.4, -0.2) is 7.28 Å². The molecule has 1 aromatic heterocycles. The molecular weight excluding hydrogens is 343 g/mol. The van der Waals surface area contributed by atoms with E-state index in [0.717, 1.165) is 0 Å². The maximum Gasteiger partial charge on any atom is 0.195 e. The summed E-state index contributed by atoms with van der Waals surface area (Å²) in [5.74, 6) is 2.65. The van der Waals surface area contributed by atoms with E-state index in [4.69, 9.17) is 0 Å². The van der Waals surface area contributed by atoms with E-state index < -0.39 is 0 Å². The maximum atomic E-state index is 3.90. The summed E-state index contributed by atoms with van der Waals surface area (Å²) in [6, 6.07) is 7.26. The van der Waals surface area contributed by atoms with Crippen molar-refractivity contribution in [2.75, 3.05) is 0 Å². The van der Waals surface area contributed by atoms with Gasteiger partial charge in [-0.25, -0.2) is 0 Å². The highest BCUT2D eigenvalue weighted by Gasteiger charge is 2.37. The monoisotopic (exact) mass is 375 g/mol. The molecule has 1 radical (unpaired) electrons. The number of benzene rings is 1. The molecule has 141 valence electrons. The fourth-order valence-electron chi connectivity index (χ4n) is 4.02. The first kappa shape index (κ1) is 20.2. The summed E-state index contributed by atoms with van der Waals surface area (Å²) in [7, 11) is 2.22. The third-order valence-corrected chi connectivity index (χ3v) is 7.13. The van der Waals surface area contributed by atoms with Crippen LogP contribution in [-0.2, 0) is 10.8 Å². The zero-order valence-electron chi connectivity index (χ0n) is 17.7. The van der Waals surface area contributed by atoms with E-state index in [2.05, 4.69) is 91.7 Å². The third-order valence-electron chi connectivity index (χ3n) is 6.07. The molecule has 0 aliphatic heterocycles. The van der Waals surface area contributed by atoms with Gasteiger partial charge in [-0.2, -0.15) is 11.3 Å². The Balaban J connectivity index is 1.89. The first-order chi connectivity index (χ1) is 12.6. The maximum absolute atomic E-state index is 3.90. The SMILES string of the molecule is C=C/C(=C\C=C\[B]c1cc2cc3c(cc2s1)C(C)(C)CCC3(C)C)C(C)C. The molecule has 0 saturated heterocycles. The summed E-state index contributed by atoms with van der Waals surface area (Å²) >= 11 is 1.89. The van der Waals surface area contributed by atoms with E-state index in [0.29, 0.717) is 5.92 Å². The molecule has 1 aliphatic rings. The molecule has 0 spiro atoms. The van der Waals surface area contributed by atoms with Gasteiger partial charge in [0.1, 0.15) is 0 Å². The van der Waals surface area contributed by atoms with Gasteiger partial charge in [0.15, 0.2) is 7.28 Å². The second-order valence-corrected chi connectivity index (χ2v) is 10.5. The Kier molecular flexibility index (Phi) is 5.59. The summed E-state index contributed by atoms with van der Waals surface area (Å²) in [5, 5.41) is 1.38. The van der Waals surface area contributed by atoms with Crippen LogP contribution in [0.4, 0.5) is 0 Å². The molecule has 1 aromatic carbocycles. The minimum absolute atomic E-state index is 0.271. The molecule has 0 unspecified atom stereocenters. The van der Waals surface area contributed by atoms with Crippen molar-refractivity contribution in [2.24, 2.45) is 5.92 Å². The third kappa shape index (κ3) is 4.16. The van der Waals surface area contributed by atoms with E-state index in [-0.39, 0.29) is 10.8 Å². The first-order valence-corrected chi connectivity index (χ1v) is 10.9. The van der Waals surface area contributed by atoms with Crippen molar-refractivity contribution < 1.29 is 0 Å². The predicted molar refractivity (Wildman–Crippen MR) is 125 cm³/mol. The van der Waals surface area contributed by atoms with Crippen LogP contribution in [0, 0.1) is 5.92 Å². The highest BCUT2D eigenvalue weighted by Crippen LogP contribution is 2.47. The zero-order chi connectivity index (χ0) is 19.8. The minimum atomic E-state index is 0.271. The molecule has 0 N–H and O–H groups in total. The molecular formula is C25H32BS. The lowest BCUT2D eigenvalue weighted by Crippen LogP contribution is -2.33. The van der Waals surface area contributed by atoms with Crippen LogP contribution >= 0.6 is 11.3 Å². The lowest BCUT2D eigenvalue weighted by molar-refractivity contribution is 0.332. The molecule has 0 bridgehead atoms. The molecule has 0 atom stereocenters. The molecule has 0 fully saturated rings. The standard InChI is InChI=1S/C25H32BS/c1-8-18(17(2)3)10-9-13-26-23-15-19-14-20-21(16-22(19)27-23)25(6,7)12-11-24(20,4)5/h8-10,13-17H,1,11-12H2,2-7H3/b13-9+,18-10+. The second-order valence-electron chi connectivity index (χ2n) is 9.43. The van der Waals surface area contributed by atoms with Crippen molar-refractivity contribution in [1.29, 1.82) is 0 Å². The normalized spacial score (nSPS) is 18.9. The first-order valence-electron chi connectivity index (χ1n) is 10.1. The number of fused-ring (bicyclic) bond motifs is 2. The quantitative estimate of drug-likeness (QED) is 0.395. The smallest absolute Gasteiger partial charge is 0.151 e. The summed E-state index contributed by atoms with van der Waals surface area (Å²) < 4.78 is 2.72. The molecule has 2 heteroatoms. The molecule has 27 heavy (non-hydrogen) atoms. The minimum Gasteiger partial charge on any atom is -0.151 e. The van der Waals surface area contributed by atoms with Crippen LogP contribution in [0.5, 0.6) is 0 Å². The summed E-state index contributed by atoms with van der Waals surface area (Å²) in [5.41, 5.74) is 4.91. The van der Waals surface area contributed by atoms with E-state index >= 15 is 0 Å². The van der Waals surface area contributed by atoms with Gasteiger partial charge in [0, 0.05) is 4.70 Å². The van der Waals surface area contributed by atoms with Gasteiger partial charge in [-0.15, -0.1) is 5.98 Å². The Bertz CT molecular complexity index is 853. The van der Waals surface area contributed by atoms with Gasteiger partial charge in [0.25, 0.3) is 0 Å². The van der Waals surface area contributed by atoms with Crippen molar-refractivity contribution in [1.82, 2.24) is 0 Å². The number of hydrogen-bond acceptors (Lipinski definition) is 1. The highest BCUT2D eigenvalue weighted by atomic mass is 32.1. The predicted octanol–water partition coefficient (Wildman–Crippen LogP) is 6.86. The zero-order valence-corrected chi connectivity index (χ0v) is 18.5. The molecule has 3 rings (SSSR count). The van der Waals surface area contributed by atoms with Crippen molar-refractivity contribution in [2.45, 2.75) is 65.2 Å². The van der Waals surface area contributed by atoms with Crippen molar-refractivity contribution >= 4 is 33.5 Å². The van der Waals surface area contributed by atoms with Crippen molar-refractivity contribution in [3.63, 3.8) is 0 Å². The summed E-state index contributed by atoms with van der Waals surface area (Å²) in [4.78, 5) is 0. The van der Waals surface area contributed by atoms with Crippen molar-refractivity contribution in [3.05, 3.63) is 65.7 Å². The average molecular weight is 375 g/mol. The second kappa shape index (κ2) is 7.47. The summed E-state index contributed by atoms with van der Waals surface area (Å²) in [6.07, 6.45) is 8.75. The van der Waals surface area contributed by atoms with Gasteiger partial charge in [0.05, 0.1) is 0 Å². The Morgan fingerprint density at radius 1 is 1.07 bits per heavy atom. The Hall–Kier alpha value is -1.54. The molecule has 0 amide bonds. The average Bonchev–Trinajstić information content (AvgIpc) is 2.99. The van der Waals surface area contributed by atoms with E-state index in [1.54, 1.807) is 11.1 Å². The number of hydrogen-bond donors (Lipinski definition) is 0. The van der Waals surface area contributed by atoms with E-state index in [1.807, 2.05) is 17.4 Å². The fraction of sp³-hybridized carbons (Fsp3) is 0.440. The highest BCUT2D eigenvalue weighted by molar-refractivity contribution is 7.27. The summed E-state index contributed by atoms with van der Waals surface area (Å²) in [6.45, 7) is 17.9. The lowest BCUT2D eigenvalue weighted by atomic mass is 9.63. The topological polar surface area (TPSA) is 0 Å². The molecule has 2 aromatic rings. The van der Waals surface area contributed by atoms with Gasteiger partial charge in [-0.05, 0) is 74.7 Å². The van der Waals surface area contributed by atoms with Gasteiger partial charge in [-0.3, -0.25) is 0 Å². The van der Waals surface area contributed by atoms with Crippen LogP contribution in [0.3, 0.4) is 0 Å². The Morgan fingerprint density at radius 2 is 1.70 bits per heavy atom. The van der Waals surface area contributed by atoms with Gasteiger partial charge in [0.2, 0.25) is 0 Å². The van der Waals surface area contributed by atoms with Gasteiger partial charge in [-0.1, -0.05) is 66.3 Å². The molecule has 1 heterocycles. The van der Waals surface area contributed by atoms with Crippen LogP contribution in [0.2, 0.25) is 0 Å². The van der Waals surface area contributed by atoms with Gasteiger partial charge >= 0.3 is 0 Å². The molecule has 0 saturated carbocycles. The van der Waals surface area contributed by atoms with Crippen LogP contribution in [0.15, 0.2) is 54.6 Å². The number of allylic oxidation sites excluding steroid dienone is 4. The largest absolute Gasteiger partial charge is 0.195 e. The van der Waals surface area contributed by atoms with Crippen LogP contribution in [0.1, 0.15) is 65.5 Å². The van der Waals surface area contributed by atoms with Gasteiger partial charge < -0.3 is 0 Å².